The van der Waals surface area contributed by atoms with Crippen LogP contribution in [0.25, 0.3) is 0 Å². The van der Waals surface area contributed by atoms with Crippen molar-refractivity contribution in [3.05, 3.63) is 36.5 Å². The Kier molecular flexibility index (Phi) is 60.9. The van der Waals surface area contributed by atoms with E-state index < -0.39 is 57.8 Å². The van der Waals surface area contributed by atoms with E-state index in [1.807, 2.05) is 0 Å². The van der Waals surface area contributed by atoms with Crippen LogP contribution in [0.2, 0.25) is 0 Å². The first kappa shape index (κ1) is 77.7. The standard InChI is InChI=1S/C68H127O11P/c1-4-7-10-13-16-19-22-25-28-30-32-34-37-40-43-46-49-52-55-58-67(71)78-64(60-69)62-76-80(73,74)77-63-65(61-75-66(70)57-54-51-48-45-42-39-36-27-24-21-18-15-12-9-6-3)79-68(72)59-56-53-50-47-44-41-38-35-33-31-29-26-23-20-17-14-11-8-5-2/h17,20,26,29,33,35,64-65,69H,4-16,18-19,21-25,27-28,30-32,34,36-63H2,1-3H3,(H,73,74)/b20-17-,29-26-,35-33-. The van der Waals surface area contributed by atoms with E-state index >= 15 is 0 Å². The van der Waals surface area contributed by atoms with Crippen molar-refractivity contribution in [1.82, 2.24) is 0 Å². The molecule has 0 saturated heterocycles. The third-order valence-electron chi connectivity index (χ3n) is 15.1. The van der Waals surface area contributed by atoms with Crippen LogP contribution in [0.3, 0.4) is 0 Å². The summed E-state index contributed by atoms with van der Waals surface area (Å²) >= 11 is 0. The average Bonchev–Trinajstić information content (AvgIpc) is 3.45. The van der Waals surface area contributed by atoms with E-state index in [2.05, 4.69) is 57.2 Å². The van der Waals surface area contributed by atoms with Crippen molar-refractivity contribution in [2.75, 3.05) is 26.4 Å². The summed E-state index contributed by atoms with van der Waals surface area (Å²) in [6.07, 6.45) is 68.0. The number of aliphatic hydroxyl groups is 1. The second-order valence-corrected chi connectivity index (χ2v) is 24.5. The van der Waals surface area contributed by atoms with Gasteiger partial charge in [-0.2, -0.15) is 0 Å². The number of hydrogen-bond acceptors (Lipinski definition) is 10. The second kappa shape index (κ2) is 62.7. The molecule has 0 amide bonds. The van der Waals surface area contributed by atoms with Crippen molar-refractivity contribution >= 4 is 25.7 Å². The lowest BCUT2D eigenvalue weighted by Gasteiger charge is -2.21. The molecule has 2 N–H and O–H groups in total. The van der Waals surface area contributed by atoms with Gasteiger partial charge in [0.2, 0.25) is 0 Å². The van der Waals surface area contributed by atoms with E-state index in [0.29, 0.717) is 19.3 Å². The molecular weight excluding hydrogens is 1020 g/mol. The third-order valence-corrected chi connectivity index (χ3v) is 16.0. The molecule has 0 heterocycles. The summed E-state index contributed by atoms with van der Waals surface area (Å²) in [5, 5.41) is 9.87. The molecule has 3 unspecified atom stereocenters. The fourth-order valence-electron chi connectivity index (χ4n) is 9.90. The van der Waals surface area contributed by atoms with Crippen molar-refractivity contribution in [1.29, 1.82) is 0 Å². The summed E-state index contributed by atoms with van der Waals surface area (Å²) in [6, 6.07) is 0. The summed E-state index contributed by atoms with van der Waals surface area (Å²) in [6.45, 7) is 4.69. The van der Waals surface area contributed by atoms with Gasteiger partial charge in [0.1, 0.15) is 12.7 Å². The number of rotatable bonds is 64. The van der Waals surface area contributed by atoms with E-state index in [0.717, 1.165) is 89.9 Å². The molecule has 0 aromatic heterocycles. The number of hydrogen-bond donors (Lipinski definition) is 2. The van der Waals surface area contributed by atoms with Gasteiger partial charge in [-0.1, -0.05) is 301 Å². The Morgan fingerprint density at radius 1 is 0.350 bits per heavy atom. The number of allylic oxidation sites excluding steroid dienone is 6. The van der Waals surface area contributed by atoms with Crippen molar-refractivity contribution in [3.63, 3.8) is 0 Å². The van der Waals surface area contributed by atoms with Crippen LogP contribution in [0.4, 0.5) is 0 Å². The molecule has 0 spiro atoms. The van der Waals surface area contributed by atoms with Crippen LogP contribution < -0.4 is 0 Å². The number of phosphoric ester groups is 1. The minimum Gasteiger partial charge on any atom is -0.462 e. The van der Waals surface area contributed by atoms with Crippen LogP contribution in [0.15, 0.2) is 36.5 Å². The lowest BCUT2D eigenvalue weighted by Crippen LogP contribution is -2.30. The van der Waals surface area contributed by atoms with Crippen molar-refractivity contribution < 1.29 is 52.2 Å². The largest absolute Gasteiger partial charge is 0.472 e. The van der Waals surface area contributed by atoms with Crippen molar-refractivity contribution in [3.8, 4) is 0 Å². The van der Waals surface area contributed by atoms with Gasteiger partial charge in [0, 0.05) is 19.3 Å². The van der Waals surface area contributed by atoms with Gasteiger partial charge in [-0.25, -0.2) is 4.57 Å². The first-order valence-corrected chi connectivity index (χ1v) is 35.4. The minimum atomic E-state index is -4.75. The van der Waals surface area contributed by atoms with Crippen LogP contribution >= 0.6 is 7.82 Å². The molecule has 0 rings (SSSR count). The third kappa shape index (κ3) is 60.3. The topological polar surface area (TPSA) is 155 Å². The molecule has 0 fully saturated rings. The lowest BCUT2D eigenvalue weighted by atomic mass is 10.0. The van der Waals surface area contributed by atoms with E-state index in [1.165, 1.54) is 193 Å². The Labute approximate surface area is 492 Å². The van der Waals surface area contributed by atoms with Gasteiger partial charge >= 0.3 is 25.7 Å². The van der Waals surface area contributed by atoms with E-state index in [-0.39, 0.29) is 25.9 Å². The molecule has 470 valence electrons. The first-order chi connectivity index (χ1) is 39.2. The smallest absolute Gasteiger partial charge is 0.462 e. The normalized spacial score (nSPS) is 13.4. The highest BCUT2D eigenvalue weighted by atomic mass is 31.2. The number of esters is 3. The molecule has 0 aromatic rings. The summed E-state index contributed by atoms with van der Waals surface area (Å²) in [5.41, 5.74) is 0. The van der Waals surface area contributed by atoms with Gasteiger partial charge in [0.25, 0.3) is 0 Å². The predicted molar refractivity (Wildman–Crippen MR) is 335 cm³/mol. The average molecular weight is 1150 g/mol. The molecule has 0 bridgehead atoms. The van der Waals surface area contributed by atoms with Crippen molar-refractivity contribution in [2.24, 2.45) is 0 Å². The molecular formula is C68H127O11P. The molecule has 3 atom stereocenters. The summed E-state index contributed by atoms with van der Waals surface area (Å²) in [5.74, 6) is -1.45. The number of carbonyl (C=O) groups is 3. The van der Waals surface area contributed by atoms with Crippen LogP contribution in [-0.4, -0.2) is 66.5 Å². The van der Waals surface area contributed by atoms with E-state index in [1.54, 1.807) is 0 Å². The highest BCUT2D eigenvalue weighted by Crippen LogP contribution is 2.43. The van der Waals surface area contributed by atoms with Gasteiger partial charge in [-0.15, -0.1) is 0 Å². The van der Waals surface area contributed by atoms with Crippen molar-refractivity contribution in [2.45, 2.75) is 354 Å². The molecule has 12 heteroatoms. The zero-order valence-corrected chi connectivity index (χ0v) is 53.2. The maximum Gasteiger partial charge on any atom is 0.472 e. The van der Waals surface area contributed by atoms with E-state index in [4.69, 9.17) is 23.3 Å². The summed E-state index contributed by atoms with van der Waals surface area (Å²) in [7, 11) is -4.75. The number of carbonyl (C=O) groups excluding carboxylic acids is 3. The lowest BCUT2D eigenvalue weighted by molar-refractivity contribution is -0.161. The molecule has 0 radical (unpaired) electrons. The predicted octanol–water partition coefficient (Wildman–Crippen LogP) is 20.7. The molecule has 0 saturated carbocycles. The number of unbranched alkanes of at least 4 members (excludes halogenated alkanes) is 41. The summed E-state index contributed by atoms with van der Waals surface area (Å²) < 4.78 is 39.8. The zero-order valence-electron chi connectivity index (χ0n) is 52.3. The summed E-state index contributed by atoms with van der Waals surface area (Å²) in [4.78, 5) is 48.8. The van der Waals surface area contributed by atoms with Gasteiger partial charge in [-0.3, -0.25) is 23.4 Å². The monoisotopic (exact) mass is 1150 g/mol. The Morgan fingerprint density at radius 3 is 0.963 bits per heavy atom. The molecule has 0 aliphatic heterocycles. The molecule has 0 aliphatic rings. The van der Waals surface area contributed by atoms with Gasteiger partial charge in [-0.05, 0) is 57.8 Å². The number of ether oxygens (including phenoxy) is 3. The fourth-order valence-corrected chi connectivity index (χ4v) is 10.7. The Morgan fingerprint density at radius 2 is 0.613 bits per heavy atom. The minimum absolute atomic E-state index is 0.158. The van der Waals surface area contributed by atoms with Crippen LogP contribution in [0.1, 0.15) is 342 Å². The SMILES string of the molecule is CCCCC/C=C\C/C=C\C/C=C\CCCCCCCCC(=O)OC(COC(=O)CCCCCCCCCCCCCCCCC)COP(=O)(O)OCC(CO)OC(=O)CCCCCCCCCCCCCCCCCCCCC. The Bertz CT molecular complexity index is 1480. The second-order valence-electron chi connectivity index (χ2n) is 23.0. The first-order valence-electron chi connectivity index (χ1n) is 33.9. The maximum absolute atomic E-state index is 13.0. The van der Waals surface area contributed by atoms with Gasteiger partial charge in [0.05, 0.1) is 19.8 Å². The van der Waals surface area contributed by atoms with Crippen LogP contribution in [0, 0.1) is 0 Å². The fraction of sp³-hybridized carbons (Fsp3) is 0.868. The molecule has 0 aromatic carbocycles. The van der Waals surface area contributed by atoms with Gasteiger partial charge < -0.3 is 24.2 Å². The molecule has 0 aliphatic carbocycles. The highest BCUT2D eigenvalue weighted by molar-refractivity contribution is 7.47. The van der Waals surface area contributed by atoms with Gasteiger partial charge in [0.15, 0.2) is 6.10 Å². The van der Waals surface area contributed by atoms with Crippen LogP contribution in [0.5, 0.6) is 0 Å². The maximum atomic E-state index is 13.0. The number of aliphatic hydroxyl groups excluding tert-OH is 1. The molecule has 11 nitrogen and oxygen atoms in total. The number of phosphoric acid groups is 1. The quantitative estimate of drug-likeness (QED) is 0.0197. The molecule has 80 heavy (non-hydrogen) atoms. The van der Waals surface area contributed by atoms with E-state index in [9.17, 15) is 28.9 Å². The highest BCUT2D eigenvalue weighted by Gasteiger charge is 2.28. The Hall–Kier alpha value is -2.30. The zero-order chi connectivity index (χ0) is 58.3. The Balaban J connectivity index is 4.64. The van der Waals surface area contributed by atoms with Crippen LogP contribution in [-0.2, 0) is 42.2 Å².